The minimum atomic E-state index is 0.987. The Balaban J connectivity index is 1.89. The van der Waals surface area contributed by atoms with E-state index in [-0.39, 0.29) is 0 Å². The Morgan fingerprint density at radius 2 is 1.20 bits per heavy atom. The number of unbranched alkanes of at least 4 members (excludes halogenated alkanes) is 4. The average molecular weight is 345 g/mol. The summed E-state index contributed by atoms with van der Waals surface area (Å²) < 4.78 is 2.63. The number of fused-ring (bicyclic) bond motifs is 3. The molecule has 0 bridgehead atoms. The van der Waals surface area contributed by atoms with Gasteiger partial charge in [-0.15, -0.1) is 11.3 Å². The molecule has 1 aromatic heterocycles. The van der Waals surface area contributed by atoms with Crippen LogP contribution in [0, 0.1) is 23.7 Å². The Labute approximate surface area is 155 Å². The zero-order valence-electron chi connectivity index (χ0n) is 15.1. The monoisotopic (exact) mass is 344 g/mol. The molecule has 0 amide bonds. The second-order valence-corrected chi connectivity index (χ2v) is 7.42. The highest BCUT2D eigenvalue weighted by molar-refractivity contribution is 7.25. The maximum absolute atomic E-state index is 3.30. The molecule has 0 radical (unpaired) electrons. The van der Waals surface area contributed by atoms with Crippen LogP contribution in [-0.4, -0.2) is 0 Å². The molecular weight excluding hydrogens is 320 g/mol. The molecule has 0 atom stereocenters. The van der Waals surface area contributed by atoms with Gasteiger partial charge in [0, 0.05) is 44.1 Å². The fourth-order valence-corrected chi connectivity index (χ4v) is 3.98. The minimum absolute atomic E-state index is 0.987. The van der Waals surface area contributed by atoms with Gasteiger partial charge in [-0.3, -0.25) is 0 Å². The zero-order valence-corrected chi connectivity index (χ0v) is 15.9. The van der Waals surface area contributed by atoms with Crippen LogP contribution < -0.4 is 0 Å². The van der Waals surface area contributed by atoms with Gasteiger partial charge in [0.1, 0.15) is 0 Å². The number of rotatable bonds is 4. The average Bonchev–Trinajstić information content (AvgIpc) is 2.99. The molecule has 25 heavy (non-hydrogen) atoms. The van der Waals surface area contributed by atoms with Gasteiger partial charge in [-0.1, -0.05) is 62.5 Å². The number of thiophene rings is 1. The quantitative estimate of drug-likeness (QED) is 0.348. The molecule has 0 aliphatic heterocycles. The first-order valence-corrected chi connectivity index (χ1v) is 10.1. The smallest absolute Gasteiger partial charge is 0.0367 e. The van der Waals surface area contributed by atoms with Gasteiger partial charge in [-0.25, -0.2) is 0 Å². The van der Waals surface area contributed by atoms with Crippen molar-refractivity contribution in [2.75, 3.05) is 0 Å². The van der Waals surface area contributed by atoms with E-state index in [1.54, 1.807) is 0 Å². The van der Waals surface area contributed by atoms with Gasteiger partial charge in [0.15, 0.2) is 0 Å². The van der Waals surface area contributed by atoms with Gasteiger partial charge < -0.3 is 0 Å². The van der Waals surface area contributed by atoms with Crippen LogP contribution in [0.5, 0.6) is 0 Å². The van der Waals surface area contributed by atoms with E-state index in [0.717, 1.165) is 24.0 Å². The minimum Gasteiger partial charge on any atom is -0.135 e. The highest BCUT2D eigenvalue weighted by atomic mass is 32.1. The molecule has 1 heteroatoms. The van der Waals surface area contributed by atoms with Crippen molar-refractivity contribution in [1.29, 1.82) is 0 Å². The van der Waals surface area contributed by atoms with Crippen LogP contribution in [0.2, 0.25) is 0 Å². The Bertz CT molecular complexity index is 903. The summed E-state index contributed by atoms with van der Waals surface area (Å²) >= 11 is 1.84. The molecule has 0 saturated heterocycles. The first-order chi connectivity index (χ1) is 12.3. The van der Waals surface area contributed by atoms with E-state index in [0.29, 0.717) is 0 Å². The van der Waals surface area contributed by atoms with Crippen LogP contribution >= 0.6 is 11.3 Å². The fourth-order valence-electron chi connectivity index (χ4n) is 2.79. The lowest BCUT2D eigenvalue weighted by Gasteiger charge is -1.94. The summed E-state index contributed by atoms with van der Waals surface area (Å²) in [6.45, 7) is 4.40. The maximum Gasteiger partial charge on any atom is 0.0367 e. The van der Waals surface area contributed by atoms with Crippen molar-refractivity contribution in [3.63, 3.8) is 0 Å². The van der Waals surface area contributed by atoms with E-state index in [1.807, 2.05) is 11.3 Å². The summed E-state index contributed by atoms with van der Waals surface area (Å²) in [5.41, 5.74) is 2.24. The lowest BCUT2D eigenvalue weighted by atomic mass is 10.1. The normalized spacial score (nSPS) is 10.3. The van der Waals surface area contributed by atoms with E-state index in [2.05, 4.69) is 73.9 Å². The lowest BCUT2D eigenvalue weighted by Crippen LogP contribution is -1.75. The molecule has 0 aliphatic rings. The second kappa shape index (κ2) is 8.75. The van der Waals surface area contributed by atoms with Crippen molar-refractivity contribution in [2.45, 2.75) is 52.4 Å². The van der Waals surface area contributed by atoms with Gasteiger partial charge in [-0.05, 0) is 37.1 Å². The Morgan fingerprint density at radius 1 is 0.720 bits per heavy atom. The summed E-state index contributed by atoms with van der Waals surface area (Å²) in [6.07, 6.45) is 6.74. The molecule has 3 aromatic rings. The van der Waals surface area contributed by atoms with Crippen molar-refractivity contribution in [2.24, 2.45) is 0 Å². The van der Waals surface area contributed by atoms with Crippen LogP contribution in [0.25, 0.3) is 20.2 Å². The molecule has 0 N–H and O–H groups in total. The first-order valence-electron chi connectivity index (χ1n) is 9.26. The summed E-state index contributed by atoms with van der Waals surface area (Å²) in [7, 11) is 0. The molecule has 0 fully saturated rings. The molecule has 1 heterocycles. The van der Waals surface area contributed by atoms with Crippen LogP contribution in [0.1, 0.15) is 63.5 Å². The second-order valence-electron chi connectivity index (χ2n) is 6.33. The van der Waals surface area contributed by atoms with E-state index in [9.17, 15) is 0 Å². The third kappa shape index (κ3) is 4.45. The molecule has 0 nitrogen and oxygen atoms in total. The van der Waals surface area contributed by atoms with Crippen LogP contribution in [-0.2, 0) is 0 Å². The van der Waals surface area contributed by atoms with E-state index in [4.69, 9.17) is 0 Å². The molecule has 3 rings (SSSR count). The largest absolute Gasteiger partial charge is 0.135 e. The third-order valence-electron chi connectivity index (χ3n) is 4.25. The van der Waals surface area contributed by atoms with E-state index in [1.165, 1.54) is 45.9 Å². The molecule has 126 valence electrons. The summed E-state index contributed by atoms with van der Waals surface area (Å²) in [6, 6.07) is 13.2. The van der Waals surface area contributed by atoms with Gasteiger partial charge in [0.2, 0.25) is 0 Å². The Morgan fingerprint density at radius 3 is 1.64 bits per heavy atom. The van der Waals surface area contributed by atoms with Crippen molar-refractivity contribution in [3.8, 4) is 23.7 Å². The molecule has 0 unspecified atom stereocenters. The van der Waals surface area contributed by atoms with Crippen molar-refractivity contribution < 1.29 is 0 Å². The van der Waals surface area contributed by atoms with E-state index >= 15 is 0 Å². The highest BCUT2D eigenvalue weighted by Crippen LogP contribution is 2.34. The Kier molecular flexibility index (Phi) is 6.16. The standard InChI is InChI=1S/C24H24S/c1-3-5-7-9-11-19-13-15-21-22-16-14-20(12-10-8-6-4-2)18-24(22)25-23(21)17-19/h13-18H,3-8H2,1-2H3. The topological polar surface area (TPSA) is 0 Å². The van der Waals surface area contributed by atoms with Crippen molar-refractivity contribution in [1.82, 2.24) is 0 Å². The number of benzene rings is 2. The summed E-state index contributed by atoms with van der Waals surface area (Å²) in [4.78, 5) is 0. The van der Waals surface area contributed by atoms with Gasteiger partial charge in [0.25, 0.3) is 0 Å². The highest BCUT2D eigenvalue weighted by Gasteiger charge is 2.05. The predicted molar refractivity (Wildman–Crippen MR) is 112 cm³/mol. The first kappa shape index (κ1) is 17.6. The molecule has 0 aliphatic carbocycles. The van der Waals surface area contributed by atoms with Crippen LogP contribution in [0.4, 0.5) is 0 Å². The lowest BCUT2D eigenvalue weighted by molar-refractivity contribution is 0.828. The van der Waals surface area contributed by atoms with Crippen LogP contribution in [0.15, 0.2) is 36.4 Å². The zero-order chi connectivity index (χ0) is 17.5. The maximum atomic E-state index is 3.30. The van der Waals surface area contributed by atoms with Gasteiger partial charge in [0.05, 0.1) is 0 Å². The molecule has 2 aromatic carbocycles. The predicted octanol–water partition coefficient (Wildman–Crippen LogP) is 7.14. The summed E-state index contributed by atoms with van der Waals surface area (Å²) in [5.74, 6) is 13.2. The third-order valence-corrected chi connectivity index (χ3v) is 5.36. The number of hydrogen-bond donors (Lipinski definition) is 0. The van der Waals surface area contributed by atoms with Gasteiger partial charge in [-0.2, -0.15) is 0 Å². The summed E-state index contributed by atoms with van der Waals surface area (Å²) in [5, 5.41) is 2.65. The van der Waals surface area contributed by atoms with Crippen molar-refractivity contribution >= 4 is 31.5 Å². The SMILES string of the molecule is CCCCC#Cc1ccc2c(c1)sc1cc(C#CCCCC)ccc12. The Hall–Kier alpha value is -2.22. The molecular formula is C24H24S. The molecule has 0 saturated carbocycles. The van der Waals surface area contributed by atoms with Crippen molar-refractivity contribution in [3.05, 3.63) is 47.5 Å². The van der Waals surface area contributed by atoms with Crippen LogP contribution in [0.3, 0.4) is 0 Å². The van der Waals surface area contributed by atoms with Gasteiger partial charge >= 0.3 is 0 Å². The molecule has 0 spiro atoms. The van der Waals surface area contributed by atoms with E-state index < -0.39 is 0 Å². The fraction of sp³-hybridized carbons (Fsp3) is 0.333. The number of hydrogen-bond acceptors (Lipinski definition) is 1.